The summed E-state index contributed by atoms with van der Waals surface area (Å²) in [5, 5.41) is 0. The highest BCUT2D eigenvalue weighted by Gasteiger charge is 2.04. The van der Waals surface area contributed by atoms with Crippen molar-refractivity contribution < 1.29 is 9.47 Å². The van der Waals surface area contributed by atoms with E-state index in [0.717, 1.165) is 24.3 Å². The Hall–Kier alpha value is -1.22. The Labute approximate surface area is 91.2 Å². The lowest BCUT2D eigenvalue weighted by Gasteiger charge is -2.11. The Morgan fingerprint density at radius 3 is 2.73 bits per heavy atom. The molecule has 0 atom stereocenters. The number of hydrogen-bond donors (Lipinski definition) is 1. The Kier molecular flexibility index (Phi) is 4.98. The minimum absolute atomic E-state index is 0.669. The lowest BCUT2D eigenvalue weighted by Crippen LogP contribution is -2.02. The molecule has 0 bridgehead atoms. The number of benzene rings is 1. The van der Waals surface area contributed by atoms with Crippen molar-refractivity contribution in [1.29, 1.82) is 0 Å². The zero-order valence-electron chi connectivity index (χ0n) is 9.45. The summed E-state index contributed by atoms with van der Waals surface area (Å²) < 4.78 is 10.7. The van der Waals surface area contributed by atoms with Crippen molar-refractivity contribution in [2.75, 3.05) is 20.3 Å². The van der Waals surface area contributed by atoms with Crippen molar-refractivity contribution in [3.05, 3.63) is 23.8 Å². The lowest BCUT2D eigenvalue weighted by molar-refractivity contribution is 0.332. The fourth-order valence-electron chi connectivity index (χ4n) is 1.45. The quantitative estimate of drug-likeness (QED) is 0.779. The highest BCUT2D eigenvalue weighted by molar-refractivity contribution is 5.40. The zero-order valence-corrected chi connectivity index (χ0v) is 9.45. The van der Waals surface area contributed by atoms with Crippen molar-refractivity contribution in [2.24, 2.45) is 5.73 Å². The minimum Gasteiger partial charge on any atom is -0.497 e. The molecule has 0 aliphatic heterocycles. The predicted molar refractivity (Wildman–Crippen MR) is 61.5 cm³/mol. The molecule has 3 heteroatoms. The first-order chi connectivity index (χ1) is 7.31. The number of aryl methyl sites for hydroxylation is 1. The molecule has 2 N–H and O–H groups in total. The third-order valence-corrected chi connectivity index (χ3v) is 2.22. The van der Waals surface area contributed by atoms with Crippen LogP contribution in [0.25, 0.3) is 0 Å². The standard InChI is InChI=1S/C12H19NO2/c1-3-15-12-9-11(14-2)7-6-10(12)5-4-8-13/h6-7,9H,3-5,8,13H2,1-2H3. The van der Waals surface area contributed by atoms with Crippen molar-refractivity contribution in [2.45, 2.75) is 19.8 Å². The van der Waals surface area contributed by atoms with Crippen LogP contribution in [0.2, 0.25) is 0 Å². The molecular weight excluding hydrogens is 190 g/mol. The Bertz CT molecular complexity index is 300. The van der Waals surface area contributed by atoms with Gasteiger partial charge >= 0.3 is 0 Å². The molecule has 0 aliphatic carbocycles. The summed E-state index contributed by atoms with van der Waals surface area (Å²) in [6.45, 7) is 3.35. The van der Waals surface area contributed by atoms with E-state index in [0.29, 0.717) is 13.2 Å². The molecule has 0 fully saturated rings. The van der Waals surface area contributed by atoms with E-state index in [1.807, 2.05) is 25.1 Å². The van der Waals surface area contributed by atoms with Crippen LogP contribution in [0.4, 0.5) is 0 Å². The maximum Gasteiger partial charge on any atom is 0.126 e. The first-order valence-electron chi connectivity index (χ1n) is 5.31. The molecule has 84 valence electrons. The van der Waals surface area contributed by atoms with Gasteiger partial charge in [-0.3, -0.25) is 0 Å². The maximum absolute atomic E-state index is 5.56. The van der Waals surface area contributed by atoms with Crippen molar-refractivity contribution in [3.63, 3.8) is 0 Å². The fourth-order valence-corrected chi connectivity index (χ4v) is 1.45. The van der Waals surface area contributed by atoms with Gasteiger partial charge in [-0.15, -0.1) is 0 Å². The second-order valence-corrected chi connectivity index (χ2v) is 3.30. The van der Waals surface area contributed by atoms with E-state index in [4.69, 9.17) is 15.2 Å². The topological polar surface area (TPSA) is 44.5 Å². The van der Waals surface area contributed by atoms with Gasteiger partial charge in [0.1, 0.15) is 11.5 Å². The van der Waals surface area contributed by atoms with Gasteiger partial charge in [-0.05, 0) is 37.9 Å². The second kappa shape index (κ2) is 6.30. The smallest absolute Gasteiger partial charge is 0.126 e. The third-order valence-electron chi connectivity index (χ3n) is 2.22. The largest absolute Gasteiger partial charge is 0.497 e. The summed E-state index contributed by atoms with van der Waals surface area (Å²) >= 11 is 0. The van der Waals surface area contributed by atoms with Crippen LogP contribution >= 0.6 is 0 Å². The number of methoxy groups -OCH3 is 1. The SMILES string of the molecule is CCOc1cc(OC)ccc1CCCN. The van der Waals surface area contributed by atoms with E-state index in [-0.39, 0.29) is 0 Å². The minimum atomic E-state index is 0.669. The molecule has 15 heavy (non-hydrogen) atoms. The number of nitrogens with two attached hydrogens (primary N) is 1. The molecular formula is C12H19NO2. The third kappa shape index (κ3) is 3.44. The summed E-state index contributed by atoms with van der Waals surface area (Å²) in [5.41, 5.74) is 6.69. The summed E-state index contributed by atoms with van der Waals surface area (Å²) in [4.78, 5) is 0. The van der Waals surface area contributed by atoms with Crippen LogP contribution in [0.15, 0.2) is 18.2 Å². The second-order valence-electron chi connectivity index (χ2n) is 3.30. The molecule has 0 aromatic heterocycles. The van der Waals surface area contributed by atoms with Gasteiger partial charge in [0.05, 0.1) is 13.7 Å². The zero-order chi connectivity index (χ0) is 11.1. The molecule has 0 saturated heterocycles. The van der Waals surface area contributed by atoms with Gasteiger partial charge < -0.3 is 15.2 Å². The van der Waals surface area contributed by atoms with Gasteiger partial charge in [0, 0.05) is 6.07 Å². The monoisotopic (exact) mass is 209 g/mol. The van der Waals surface area contributed by atoms with Crippen LogP contribution < -0.4 is 15.2 Å². The molecule has 1 aromatic rings. The first-order valence-corrected chi connectivity index (χ1v) is 5.31. The van der Waals surface area contributed by atoms with E-state index in [9.17, 15) is 0 Å². The van der Waals surface area contributed by atoms with Gasteiger partial charge in [0.15, 0.2) is 0 Å². The molecule has 0 amide bonds. The number of rotatable bonds is 6. The highest BCUT2D eigenvalue weighted by Crippen LogP contribution is 2.25. The Morgan fingerprint density at radius 2 is 2.13 bits per heavy atom. The molecule has 1 aromatic carbocycles. The van der Waals surface area contributed by atoms with E-state index >= 15 is 0 Å². The highest BCUT2D eigenvalue weighted by atomic mass is 16.5. The van der Waals surface area contributed by atoms with Gasteiger partial charge in [0.2, 0.25) is 0 Å². The first kappa shape index (κ1) is 11.9. The van der Waals surface area contributed by atoms with Gasteiger partial charge in [0.25, 0.3) is 0 Å². The van der Waals surface area contributed by atoms with Crippen molar-refractivity contribution in [1.82, 2.24) is 0 Å². The van der Waals surface area contributed by atoms with Gasteiger partial charge in [-0.1, -0.05) is 6.07 Å². The van der Waals surface area contributed by atoms with Crippen LogP contribution in [0.5, 0.6) is 11.5 Å². The van der Waals surface area contributed by atoms with Crippen LogP contribution in [0, 0.1) is 0 Å². The average Bonchev–Trinajstić information content (AvgIpc) is 2.27. The Balaban J connectivity index is 2.82. The van der Waals surface area contributed by atoms with Crippen LogP contribution in [-0.4, -0.2) is 20.3 Å². The fraction of sp³-hybridized carbons (Fsp3) is 0.500. The average molecular weight is 209 g/mol. The Morgan fingerprint density at radius 1 is 1.33 bits per heavy atom. The molecule has 0 radical (unpaired) electrons. The van der Waals surface area contributed by atoms with Crippen molar-refractivity contribution >= 4 is 0 Å². The molecule has 0 heterocycles. The normalized spacial score (nSPS) is 10.1. The van der Waals surface area contributed by atoms with Crippen molar-refractivity contribution in [3.8, 4) is 11.5 Å². The number of hydrogen-bond acceptors (Lipinski definition) is 3. The van der Waals surface area contributed by atoms with E-state index in [1.165, 1.54) is 5.56 Å². The summed E-state index contributed by atoms with van der Waals surface area (Å²) in [6, 6.07) is 5.92. The predicted octanol–water partition coefficient (Wildman–Crippen LogP) is 1.99. The van der Waals surface area contributed by atoms with Gasteiger partial charge in [-0.25, -0.2) is 0 Å². The molecule has 0 unspecified atom stereocenters. The lowest BCUT2D eigenvalue weighted by atomic mass is 10.1. The van der Waals surface area contributed by atoms with E-state index < -0.39 is 0 Å². The number of ether oxygens (including phenoxy) is 2. The molecule has 1 rings (SSSR count). The summed E-state index contributed by atoms with van der Waals surface area (Å²) in [7, 11) is 1.66. The molecule has 0 aliphatic rings. The maximum atomic E-state index is 5.56. The van der Waals surface area contributed by atoms with E-state index in [1.54, 1.807) is 7.11 Å². The van der Waals surface area contributed by atoms with Crippen LogP contribution in [0.1, 0.15) is 18.9 Å². The van der Waals surface area contributed by atoms with E-state index in [2.05, 4.69) is 0 Å². The summed E-state index contributed by atoms with van der Waals surface area (Å²) in [5.74, 6) is 1.74. The molecule has 0 spiro atoms. The molecule has 3 nitrogen and oxygen atoms in total. The summed E-state index contributed by atoms with van der Waals surface area (Å²) in [6.07, 6.45) is 1.93. The van der Waals surface area contributed by atoms with Crippen LogP contribution in [0.3, 0.4) is 0 Å². The van der Waals surface area contributed by atoms with Crippen LogP contribution in [-0.2, 0) is 6.42 Å². The van der Waals surface area contributed by atoms with Gasteiger partial charge in [-0.2, -0.15) is 0 Å². The molecule has 0 saturated carbocycles.